The van der Waals surface area contributed by atoms with Crippen LogP contribution in [-0.4, -0.2) is 39.8 Å². The zero-order valence-corrected chi connectivity index (χ0v) is 16.1. The monoisotopic (exact) mass is 415 g/mol. The highest BCUT2D eigenvalue weighted by atomic mass is 32.2. The van der Waals surface area contributed by atoms with Gasteiger partial charge >= 0.3 is 6.18 Å². The molecule has 0 aliphatic carbocycles. The van der Waals surface area contributed by atoms with Crippen LogP contribution in [0.5, 0.6) is 0 Å². The first-order valence-corrected chi connectivity index (χ1v) is 9.47. The zero-order valence-electron chi connectivity index (χ0n) is 14.4. The Kier molecular flexibility index (Phi) is 7.04. The van der Waals surface area contributed by atoms with Crippen LogP contribution in [0.15, 0.2) is 28.6 Å². The van der Waals surface area contributed by atoms with Gasteiger partial charge in [-0.1, -0.05) is 35.2 Å². The van der Waals surface area contributed by atoms with Crippen LogP contribution in [0.3, 0.4) is 0 Å². The van der Waals surface area contributed by atoms with E-state index in [1.165, 1.54) is 23.1 Å². The summed E-state index contributed by atoms with van der Waals surface area (Å²) >= 11 is 2.22. The molecule has 0 bridgehead atoms. The molecule has 0 aliphatic heterocycles. The summed E-state index contributed by atoms with van der Waals surface area (Å²) in [5.74, 6) is -0.164. The minimum absolute atomic E-state index is 0.113. The predicted octanol–water partition coefficient (Wildman–Crippen LogP) is 4.15. The average Bonchev–Trinajstić information content (AvgIpc) is 3.05. The Morgan fingerprint density at radius 2 is 2.11 bits per heavy atom. The molecule has 1 N–H and O–H groups in total. The number of amides is 1. The van der Waals surface area contributed by atoms with Crippen molar-refractivity contribution in [1.82, 2.24) is 15.1 Å². The molecule has 1 aromatic heterocycles. The Bertz CT molecular complexity index is 834. The van der Waals surface area contributed by atoms with Gasteiger partial charge in [-0.3, -0.25) is 4.79 Å². The van der Waals surface area contributed by atoms with E-state index in [0.717, 1.165) is 29.2 Å². The number of rotatable bonds is 7. The number of nitriles is 1. The molecule has 1 heterocycles. The topological polar surface area (TPSA) is 81.9 Å². The van der Waals surface area contributed by atoms with Gasteiger partial charge in [0, 0.05) is 13.6 Å². The van der Waals surface area contributed by atoms with Crippen LogP contribution < -0.4 is 5.32 Å². The molecule has 0 saturated heterocycles. The molecular weight excluding hydrogens is 399 g/mol. The van der Waals surface area contributed by atoms with Crippen molar-refractivity contribution in [2.24, 2.45) is 0 Å². The van der Waals surface area contributed by atoms with Crippen LogP contribution in [0.2, 0.25) is 0 Å². The van der Waals surface area contributed by atoms with E-state index in [1.54, 1.807) is 14.0 Å². The Labute approximate surface area is 162 Å². The van der Waals surface area contributed by atoms with Crippen molar-refractivity contribution < 1.29 is 18.0 Å². The van der Waals surface area contributed by atoms with Gasteiger partial charge in [0.2, 0.25) is 11.0 Å². The number of benzene rings is 1. The highest BCUT2D eigenvalue weighted by Gasteiger charge is 2.33. The standard InChI is InChI=1S/C16H16F3N5OS2/c1-10(13(25)24(2)9-5-8-20)26-15-23-22-14(27-15)21-12-7-4-3-6-11(12)16(17,18)19/h3-4,6-7,10H,5,9H2,1-2H3,(H,21,22)/t10-/m1/s1. The summed E-state index contributed by atoms with van der Waals surface area (Å²) in [5.41, 5.74) is -0.907. The Morgan fingerprint density at radius 1 is 1.41 bits per heavy atom. The summed E-state index contributed by atoms with van der Waals surface area (Å²) < 4.78 is 39.6. The SMILES string of the molecule is C[C@@H](Sc1nnc(Nc2ccccc2C(F)(F)F)s1)C(=O)N(C)CCC#N. The summed E-state index contributed by atoms with van der Waals surface area (Å²) in [5, 5.41) is 18.7. The molecule has 2 rings (SSSR count). The third-order valence-corrected chi connectivity index (χ3v) is 5.45. The number of nitrogens with one attached hydrogen (secondary N) is 1. The Balaban J connectivity index is 2.04. The minimum Gasteiger partial charge on any atom is -0.344 e. The summed E-state index contributed by atoms with van der Waals surface area (Å²) in [4.78, 5) is 13.7. The molecule has 0 unspecified atom stereocenters. The molecule has 0 fully saturated rings. The third-order valence-electron chi connectivity index (χ3n) is 3.44. The molecule has 0 saturated carbocycles. The molecule has 6 nitrogen and oxygen atoms in total. The normalized spacial score (nSPS) is 12.3. The lowest BCUT2D eigenvalue weighted by Crippen LogP contribution is -2.33. The number of nitrogens with zero attached hydrogens (tertiary/aromatic N) is 4. The number of aromatic nitrogens is 2. The summed E-state index contributed by atoms with van der Waals surface area (Å²) in [6.07, 6.45) is -4.24. The molecule has 11 heteroatoms. The second-order valence-electron chi connectivity index (χ2n) is 5.47. The van der Waals surface area contributed by atoms with Gasteiger partial charge in [0.25, 0.3) is 0 Å². The molecule has 1 amide bonds. The average molecular weight is 415 g/mol. The maximum Gasteiger partial charge on any atom is 0.418 e. The third kappa shape index (κ3) is 5.83. The second-order valence-corrected chi connectivity index (χ2v) is 8.03. The van der Waals surface area contributed by atoms with Gasteiger partial charge < -0.3 is 10.2 Å². The van der Waals surface area contributed by atoms with E-state index in [9.17, 15) is 18.0 Å². The van der Waals surface area contributed by atoms with Gasteiger partial charge in [-0.05, 0) is 19.1 Å². The highest BCUT2D eigenvalue weighted by molar-refractivity contribution is 8.02. The van der Waals surface area contributed by atoms with Crippen molar-refractivity contribution in [3.63, 3.8) is 0 Å². The van der Waals surface area contributed by atoms with Gasteiger partial charge in [-0.25, -0.2) is 0 Å². The predicted molar refractivity (Wildman–Crippen MR) is 97.8 cm³/mol. The number of carbonyl (C=O) groups is 1. The lowest BCUT2D eigenvalue weighted by atomic mass is 10.2. The van der Waals surface area contributed by atoms with Gasteiger partial charge in [0.15, 0.2) is 4.34 Å². The fraction of sp³-hybridized carbons (Fsp3) is 0.375. The van der Waals surface area contributed by atoms with Crippen LogP contribution in [0, 0.1) is 11.3 Å². The number of thioether (sulfide) groups is 1. The van der Waals surface area contributed by atoms with E-state index >= 15 is 0 Å². The number of hydrogen-bond acceptors (Lipinski definition) is 7. The molecule has 1 aromatic carbocycles. The minimum atomic E-state index is -4.49. The molecule has 1 atom stereocenters. The van der Waals surface area contributed by atoms with Gasteiger partial charge in [-0.2, -0.15) is 18.4 Å². The van der Waals surface area contributed by atoms with Crippen molar-refractivity contribution in [2.45, 2.75) is 29.1 Å². The number of anilines is 2. The fourth-order valence-electron chi connectivity index (χ4n) is 2.10. The van der Waals surface area contributed by atoms with Crippen LogP contribution in [0.25, 0.3) is 0 Å². The Morgan fingerprint density at radius 3 is 2.78 bits per heavy atom. The van der Waals surface area contributed by atoms with E-state index in [4.69, 9.17) is 5.26 Å². The first-order valence-electron chi connectivity index (χ1n) is 7.77. The van der Waals surface area contributed by atoms with Gasteiger partial charge in [0.1, 0.15) is 0 Å². The van der Waals surface area contributed by atoms with Crippen molar-refractivity contribution in [3.05, 3.63) is 29.8 Å². The zero-order chi connectivity index (χ0) is 20.0. The van der Waals surface area contributed by atoms with Gasteiger partial charge in [0.05, 0.1) is 29.0 Å². The lowest BCUT2D eigenvalue weighted by Gasteiger charge is -2.19. The lowest BCUT2D eigenvalue weighted by molar-refractivity contribution is -0.137. The molecule has 0 radical (unpaired) electrons. The molecule has 0 aliphatic rings. The van der Waals surface area contributed by atoms with Crippen molar-refractivity contribution in [3.8, 4) is 6.07 Å². The van der Waals surface area contributed by atoms with Crippen LogP contribution >= 0.6 is 23.1 Å². The maximum absolute atomic E-state index is 13.0. The second kappa shape index (κ2) is 9.05. The fourth-order valence-corrected chi connectivity index (χ4v) is 4.13. The molecule has 144 valence electrons. The van der Waals surface area contributed by atoms with E-state index in [0.29, 0.717) is 10.9 Å². The summed E-state index contributed by atoms with van der Waals surface area (Å²) in [7, 11) is 1.61. The van der Waals surface area contributed by atoms with E-state index in [1.807, 2.05) is 6.07 Å². The molecule has 2 aromatic rings. The van der Waals surface area contributed by atoms with Crippen LogP contribution in [0.4, 0.5) is 24.0 Å². The van der Waals surface area contributed by atoms with Crippen molar-refractivity contribution in [2.75, 3.05) is 18.9 Å². The smallest absolute Gasteiger partial charge is 0.344 e. The first-order chi connectivity index (χ1) is 12.7. The summed E-state index contributed by atoms with van der Waals surface area (Å²) in [6.45, 7) is 2.03. The molecule has 0 spiro atoms. The number of halogens is 3. The maximum atomic E-state index is 13.0. The van der Waals surface area contributed by atoms with Gasteiger partial charge in [-0.15, -0.1) is 10.2 Å². The quantitative estimate of drug-likeness (QED) is 0.684. The Hall–Kier alpha value is -2.32. The number of alkyl halides is 3. The number of carbonyl (C=O) groups excluding carboxylic acids is 1. The molecular formula is C16H16F3N5OS2. The number of para-hydroxylation sites is 1. The van der Waals surface area contributed by atoms with E-state index in [2.05, 4.69) is 15.5 Å². The largest absolute Gasteiger partial charge is 0.418 e. The van der Waals surface area contributed by atoms with Crippen molar-refractivity contribution >= 4 is 39.8 Å². The highest BCUT2D eigenvalue weighted by Crippen LogP contribution is 2.37. The first kappa shape index (κ1) is 21.0. The van der Waals surface area contributed by atoms with Crippen LogP contribution in [0.1, 0.15) is 18.9 Å². The number of hydrogen-bond donors (Lipinski definition) is 1. The summed E-state index contributed by atoms with van der Waals surface area (Å²) in [6, 6.07) is 7.07. The van der Waals surface area contributed by atoms with E-state index in [-0.39, 0.29) is 23.1 Å². The van der Waals surface area contributed by atoms with Crippen LogP contribution in [-0.2, 0) is 11.0 Å². The molecule has 27 heavy (non-hydrogen) atoms. The van der Waals surface area contributed by atoms with Crippen molar-refractivity contribution in [1.29, 1.82) is 5.26 Å². The van der Waals surface area contributed by atoms with E-state index < -0.39 is 17.0 Å².